The van der Waals surface area contributed by atoms with Crippen LogP contribution in [0.3, 0.4) is 0 Å². The number of ether oxygens (including phenoxy) is 1. The summed E-state index contributed by atoms with van der Waals surface area (Å²) in [6, 6.07) is 21.1. The molecular weight excluding hydrogens is 440 g/mol. The zero-order chi connectivity index (χ0) is 24.0. The van der Waals surface area contributed by atoms with Crippen molar-refractivity contribution in [2.24, 2.45) is 0 Å². The highest BCUT2D eigenvalue weighted by Crippen LogP contribution is 2.32. The molecule has 0 radical (unpaired) electrons. The van der Waals surface area contributed by atoms with Gasteiger partial charge in [-0.3, -0.25) is 14.7 Å². The van der Waals surface area contributed by atoms with E-state index in [2.05, 4.69) is 19.8 Å². The summed E-state index contributed by atoms with van der Waals surface area (Å²) in [6.07, 6.45) is 4.55. The Labute approximate surface area is 205 Å². The van der Waals surface area contributed by atoms with Crippen molar-refractivity contribution in [1.29, 1.82) is 0 Å². The number of carboxylic acids is 1. The number of nitrogens with one attached hydrogen (secondary N) is 1. The second-order valence-corrected chi connectivity index (χ2v) is 8.92. The Bertz CT molecular complexity index is 1250. The molecule has 1 saturated heterocycles. The second kappa shape index (κ2) is 10.7. The van der Waals surface area contributed by atoms with Crippen LogP contribution in [-0.2, 0) is 17.8 Å². The number of benzene rings is 2. The van der Waals surface area contributed by atoms with E-state index in [1.807, 2.05) is 79.1 Å². The minimum Gasteiger partial charge on any atom is -0.489 e. The topological polar surface area (TPSA) is 81.7 Å². The molecule has 1 aliphatic heterocycles. The van der Waals surface area contributed by atoms with Crippen LogP contribution in [0.25, 0.3) is 10.9 Å². The van der Waals surface area contributed by atoms with E-state index in [4.69, 9.17) is 4.74 Å². The van der Waals surface area contributed by atoms with E-state index in [0.29, 0.717) is 19.7 Å². The normalized spacial score (nSPS) is 15.8. The minimum atomic E-state index is -0.830. The molecule has 7 nitrogen and oxygen atoms in total. The van der Waals surface area contributed by atoms with Crippen LogP contribution in [0.15, 0.2) is 79.1 Å². The molecule has 2 N–H and O–H groups in total. The lowest BCUT2D eigenvalue weighted by Crippen LogP contribution is -2.49. The van der Waals surface area contributed by atoms with Gasteiger partial charge in [0.2, 0.25) is 0 Å². The van der Waals surface area contributed by atoms with Crippen LogP contribution < -0.4 is 4.74 Å². The van der Waals surface area contributed by atoms with E-state index in [-0.39, 0.29) is 0 Å². The summed E-state index contributed by atoms with van der Waals surface area (Å²) >= 11 is 0. The Morgan fingerprint density at radius 2 is 1.83 bits per heavy atom. The van der Waals surface area contributed by atoms with Crippen LogP contribution in [0.5, 0.6) is 5.75 Å². The second-order valence-electron chi connectivity index (χ2n) is 8.92. The number of rotatable bonds is 9. The smallest absolute Gasteiger partial charge is 0.325 e. The number of piperazine rings is 1. The van der Waals surface area contributed by atoms with Gasteiger partial charge in [-0.2, -0.15) is 0 Å². The fourth-order valence-electron chi connectivity index (χ4n) is 4.73. The number of carboxylic acid groups (broad SMARTS) is 1. The van der Waals surface area contributed by atoms with Crippen molar-refractivity contribution < 1.29 is 14.6 Å². The first-order valence-electron chi connectivity index (χ1n) is 12.0. The third-order valence-corrected chi connectivity index (χ3v) is 6.64. The first-order chi connectivity index (χ1) is 17.2. The summed E-state index contributed by atoms with van der Waals surface area (Å²) in [5, 5.41) is 11.1. The third kappa shape index (κ3) is 5.53. The van der Waals surface area contributed by atoms with Gasteiger partial charge in [-0.1, -0.05) is 36.4 Å². The van der Waals surface area contributed by atoms with Crippen LogP contribution in [-0.4, -0.2) is 63.6 Å². The number of hydrogen-bond acceptors (Lipinski definition) is 5. The first kappa shape index (κ1) is 23.1. The molecule has 4 aromatic rings. The molecule has 5 rings (SSSR count). The SMILES string of the molecule is O=C(O)C(c1c[nH]c2ccc(OCc3ccccc3)cc12)N1CCN(CCc2ccccn2)CC1. The summed E-state index contributed by atoms with van der Waals surface area (Å²) in [6.45, 7) is 4.48. The Balaban J connectivity index is 1.26. The highest BCUT2D eigenvalue weighted by molar-refractivity contribution is 5.90. The monoisotopic (exact) mass is 470 g/mol. The number of aromatic nitrogens is 2. The number of H-pyrrole nitrogens is 1. The molecule has 3 heterocycles. The number of fused-ring (bicyclic) bond motifs is 1. The molecule has 0 bridgehead atoms. The van der Waals surface area contributed by atoms with E-state index in [1.54, 1.807) is 0 Å². The molecule has 0 spiro atoms. The Morgan fingerprint density at radius 3 is 2.57 bits per heavy atom. The summed E-state index contributed by atoms with van der Waals surface area (Å²) in [5.74, 6) is -0.103. The van der Waals surface area contributed by atoms with Crippen molar-refractivity contribution in [3.63, 3.8) is 0 Å². The molecular formula is C28H30N4O3. The fraction of sp³-hybridized carbons (Fsp3) is 0.286. The quantitative estimate of drug-likeness (QED) is 0.383. The van der Waals surface area contributed by atoms with Crippen LogP contribution in [0, 0.1) is 0 Å². The predicted octanol–water partition coefficient (Wildman–Crippen LogP) is 4.13. The van der Waals surface area contributed by atoms with Gasteiger partial charge in [-0.05, 0) is 35.9 Å². The molecule has 1 fully saturated rings. The van der Waals surface area contributed by atoms with Crippen molar-refractivity contribution >= 4 is 16.9 Å². The average molecular weight is 471 g/mol. The van der Waals surface area contributed by atoms with Gasteiger partial charge in [0.1, 0.15) is 18.4 Å². The lowest BCUT2D eigenvalue weighted by molar-refractivity contribution is -0.144. The average Bonchev–Trinajstić information content (AvgIpc) is 3.31. The lowest BCUT2D eigenvalue weighted by Gasteiger charge is -2.37. The maximum atomic E-state index is 12.4. The zero-order valence-corrected chi connectivity index (χ0v) is 19.6. The molecule has 0 amide bonds. The van der Waals surface area contributed by atoms with Crippen LogP contribution >= 0.6 is 0 Å². The summed E-state index contributed by atoms with van der Waals surface area (Å²) in [5.41, 5.74) is 3.86. The summed E-state index contributed by atoms with van der Waals surface area (Å²) < 4.78 is 6.00. The largest absolute Gasteiger partial charge is 0.489 e. The van der Waals surface area contributed by atoms with E-state index >= 15 is 0 Å². The lowest BCUT2D eigenvalue weighted by atomic mass is 10.0. The highest BCUT2D eigenvalue weighted by atomic mass is 16.5. The van der Waals surface area contributed by atoms with Gasteiger partial charge >= 0.3 is 5.97 Å². The molecule has 2 aromatic carbocycles. The van der Waals surface area contributed by atoms with Gasteiger partial charge in [-0.25, -0.2) is 0 Å². The minimum absolute atomic E-state index is 0.467. The third-order valence-electron chi connectivity index (χ3n) is 6.64. The zero-order valence-electron chi connectivity index (χ0n) is 19.6. The number of aliphatic carboxylic acids is 1. The van der Waals surface area contributed by atoms with Gasteiger partial charge in [0.25, 0.3) is 0 Å². The van der Waals surface area contributed by atoms with E-state index in [1.165, 1.54) is 0 Å². The molecule has 35 heavy (non-hydrogen) atoms. The van der Waals surface area contributed by atoms with Crippen molar-refractivity contribution in [1.82, 2.24) is 19.8 Å². The fourth-order valence-corrected chi connectivity index (χ4v) is 4.73. The molecule has 1 unspecified atom stereocenters. The molecule has 0 aliphatic carbocycles. The van der Waals surface area contributed by atoms with Crippen molar-refractivity contribution in [3.05, 3.63) is 95.9 Å². The maximum absolute atomic E-state index is 12.4. The summed E-state index contributed by atoms with van der Waals surface area (Å²) in [4.78, 5) is 24.5. The number of aromatic amines is 1. The van der Waals surface area contributed by atoms with Crippen LogP contribution in [0.2, 0.25) is 0 Å². The van der Waals surface area contributed by atoms with Crippen LogP contribution in [0.1, 0.15) is 22.9 Å². The molecule has 7 heteroatoms. The van der Waals surface area contributed by atoms with E-state index in [9.17, 15) is 9.90 Å². The number of nitrogens with zero attached hydrogens (tertiary/aromatic N) is 3. The standard InChI is InChI=1S/C28H30N4O3/c33-28(34)27(32-16-14-31(15-17-32)13-11-22-8-4-5-12-29-22)25-19-30-26-10-9-23(18-24(25)26)35-20-21-6-2-1-3-7-21/h1-10,12,18-19,27,30H,11,13-17,20H2,(H,33,34). The van der Waals surface area contributed by atoms with Crippen molar-refractivity contribution in [2.75, 3.05) is 32.7 Å². The predicted molar refractivity (Wildman–Crippen MR) is 135 cm³/mol. The Kier molecular flexibility index (Phi) is 7.07. The first-order valence-corrected chi connectivity index (χ1v) is 12.0. The van der Waals surface area contributed by atoms with E-state index in [0.717, 1.165) is 59.5 Å². The van der Waals surface area contributed by atoms with Crippen molar-refractivity contribution in [3.8, 4) is 5.75 Å². The van der Waals surface area contributed by atoms with Gasteiger partial charge in [-0.15, -0.1) is 0 Å². The molecule has 1 atom stereocenters. The Hall–Kier alpha value is -3.68. The summed E-state index contributed by atoms with van der Waals surface area (Å²) in [7, 11) is 0. The van der Waals surface area contributed by atoms with Crippen LogP contribution in [0.4, 0.5) is 0 Å². The van der Waals surface area contributed by atoms with Crippen molar-refractivity contribution in [2.45, 2.75) is 19.1 Å². The molecule has 0 saturated carbocycles. The number of carbonyl (C=O) groups is 1. The number of hydrogen-bond donors (Lipinski definition) is 2. The van der Waals surface area contributed by atoms with Gasteiger partial charge in [0, 0.05) is 73.7 Å². The molecule has 1 aliphatic rings. The van der Waals surface area contributed by atoms with E-state index < -0.39 is 12.0 Å². The number of pyridine rings is 1. The van der Waals surface area contributed by atoms with Gasteiger partial charge < -0.3 is 19.7 Å². The van der Waals surface area contributed by atoms with Gasteiger partial charge in [0.05, 0.1) is 0 Å². The van der Waals surface area contributed by atoms with Gasteiger partial charge in [0.15, 0.2) is 0 Å². The molecule has 2 aromatic heterocycles. The highest BCUT2D eigenvalue weighted by Gasteiger charge is 2.32. The maximum Gasteiger partial charge on any atom is 0.325 e. The molecule has 180 valence electrons. The Morgan fingerprint density at radius 1 is 1.03 bits per heavy atom.